The first-order valence-corrected chi connectivity index (χ1v) is 5.75. The lowest BCUT2D eigenvalue weighted by atomic mass is 9.97. The van der Waals surface area contributed by atoms with Gasteiger partial charge < -0.3 is 10.2 Å². The predicted octanol–water partition coefficient (Wildman–Crippen LogP) is 2.59. The quantitative estimate of drug-likeness (QED) is 0.866. The summed E-state index contributed by atoms with van der Waals surface area (Å²) in [6, 6.07) is 14.6. The Bertz CT molecular complexity index is 544. The van der Waals surface area contributed by atoms with Crippen LogP contribution in [0.15, 0.2) is 48.5 Å². The summed E-state index contributed by atoms with van der Waals surface area (Å²) >= 11 is 0. The molecule has 3 nitrogen and oxygen atoms in total. The second-order valence-electron chi connectivity index (χ2n) is 4.01. The zero-order chi connectivity index (χ0) is 13.0. The average Bonchev–Trinajstić information content (AvgIpc) is 2.40. The molecule has 3 heteroatoms. The van der Waals surface area contributed by atoms with Gasteiger partial charge in [-0.15, -0.1) is 0 Å². The summed E-state index contributed by atoms with van der Waals surface area (Å²) in [5.41, 5.74) is 3.33. The van der Waals surface area contributed by atoms with Gasteiger partial charge in [-0.2, -0.15) is 0 Å². The fraction of sp³-hybridized carbons (Fsp3) is 0.133. The van der Waals surface area contributed by atoms with Crippen LogP contribution in [0.2, 0.25) is 0 Å². The van der Waals surface area contributed by atoms with Crippen molar-refractivity contribution in [2.45, 2.75) is 6.42 Å². The second kappa shape index (κ2) is 5.47. The molecule has 0 aliphatic carbocycles. The van der Waals surface area contributed by atoms with Gasteiger partial charge in [-0.1, -0.05) is 36.4 Å². The summed E-state index contributed by atoms with van der Waals surface area (Å²) in [7, 11) is 0. The number of aromatic carboxylic acids is 1. The third-order valence-electron chi connectivity index (χ3n) is 2.84. The molecule has 0 radical (unpaired) electrons. The highest BCUT2D eigenvalue weighted by Crippen LogP contribution is 2.24. The Balaban J connectivity index is 2.39. The van der Waals surface area contributed by atoms with Crippen molar-refractivity contribution in [2.75, 3.05) is 6.61 Å². The normalized spacial score (nSPS) is 10.3. The largest absolute Gasteiger partial charge is 0.478 e. The lowest BCUT2D eigenvalue weighted by Gasteiger charge is -2.08. The van der Waals surface area contributed by atoms with Crippen LogP contribution in [0.25, 0.3) is 11.1 Å². The molecule has 0 saturated carbocycles. The Labute approximate surface area is 105 Å². The van der Waals surface area contributed by atoms with Crippen molar-refractivity contribution >= 4 is 5.97 Å². The van der Waals surface area contributed by atoms with Crippen molar-refractivity contribution < 1.29 is 15.0 Å². The minimum Gasteiger partial charge on any atom is -0.478 e. The van der Waals surface area contributed by atoms with Gasteiger partial charge in [-0.25, -0.2) is 4.79 Å². The van der Waals surface area contributed by atoms with Crippen molar-refractivity contribution in [3.8, 4) is 11.1 Å². The number of carboxylic acids is 1. The van der Waals surface area contributed by atoms with Crippen molar-refractivity contribution in [1.29, 1.82) is 0 Å². The van der Waals surface area contributed by atoms with Crippen LogP contribution in [0.1, 0.15) is 15.9 Å². The predicted molar refractivity (Wildman–Crippen MR) is 69.6 cm³/mol. The molecule has 0 aromatic heterocycles. The molecule has 2 rings (SSSR count). The van der Waals surface area contributed by atoms with Crippen LogP contribution in [-0.2, 0) is 6.42 Å². The Hall–Kier alpha value is -2.13. The van der Waals surface area contributed by atoms with Crippen LogP contribution >= 0.6 is 0 Å². The summed E-state index contributed by atoms with van der Waals surface area (Å²) in [6.45, 7) is 0.101. The number of carboxylic acid groups (broad SMARTS) is 1. The minimum atomic E-state index is -0.926. The topological polar surface area (TPSA) is 57.5 Å². The lowest BCUT2D eigenvalue weighted by Crippen LogP contribution is -1.96. The number of benzene rings is 2. The summed E-state index contributed by atoms with van der Waals surface area (Å²) in [6.07, 6.45) is 0.594. The first-order valence-electron chi connectivity index (χ1n) is 5.75. The zero-order valence-corrected chi connectivity index (χ0v) is 9.84. The molecule has 0 atom stereocenters. The average molecular weight is 242 g/mol. The van der Waals surface area contributed by atoms with Gasteiger partial charge in [-0.05, 0) is 35.2 Å². The van der Waals surface area contributed by atoms with E-state index in [-0.39, 0.29) is 12.2 Å². The maximum Gasteiger partial charge on any atom is 0.335 e. The number of hydrogen-bond donors (Lipinski definition) is 2. The number of carbonyl (C=O) groups is 1. The zero-order valence-electron chi connectivity index (χ0n) is 9.84. The number of rotatable bonds is 4. The smallest absolute Gasteiger partial charge is 0.335 e. The Morgan fingerprint density at radius 1 is 1.00 bits per heavy atom. The van der Waals surface area contributed by atoms with Gasteiger partial charge in [-0.3, -0.25) is 0 Å². The van der Waals surface area contributed by atoms with E-state index in [2.05, 4.69) is 0 Å². The van der Waals surface area contributed by atoms with Crippen molar-refractivity contribution in [1.82, 2.24) is 0 Å². The van der Waals surface area contributed by atoms with Crippen molar-refractivity contribution in [3.63, 3.8) is 0 Å². The molecular formula is C15H14O3. The van der Waals surface area contributed by atoms with Gasteiger partial charge in [0.2, 0.25) is 0 Å². The number of hydrogen-bond acceptors (Lipinski definition) is 2. The van der Waals surface area contributed by atoms with Gasteiger partial charge >= 0.3 is 5.97 Å². The SMILES string of the molecule is O=C(O)c1ccc(-c2ccccc2CCO)cc1. The maximum absolute atomic E-state index is 10.8. The van der Waals surface area contributed by atoms with E-state index in [1.807, 2.05) is 24.3 Å². The summed E-state index contributed by atoms with van der Waals surface area (Å²) in [5.74, 6) is -0.926. The number of aliphatic hydroxyl groups excluding tert-OH is 1. The molecule has 0 aliphatic heterocycles. The molecule has 2 aromatic rings. The maximum atomic E-state index is 10.8. The first kappa shape index (κ1) is 12.3. The molecular weight excluding hydrogens is 228 g/mol. The molecule has 18 heavy (non-hydrogen) atoms. The van der Waals surface area contributed by atoms with Gasteiger partial charge in [0, 0.05) is 6.61 Å². The first-order chi connectivity index (χ1) is 8.72. The van der Waals surface area contributed by atoms with Crippen LogP contribution in [-0.4, -0.2) is 22.8 Å². The summed E-state index contributed by atoms with van der Waals surface area (Å²) < 4.78 is 0. The molecule has 0 amide bonds. The molecule has 2 aromatic carbocycles. The fourth-order valence-electron chi connectivity index (χ4n) is 1.93. The molecule has 0 unspecified atom stereocenters. The standard InChI is InChI=1S/C15H14O3/c16-10-9-11-3-1-2-4-14(11)12-5-7-13(8-6-12)15(17)18/h1-8,16H,9-10H2,(H,17,18). The molecule has 2 N–H and O–H groups in total. The van der Waals surface area contributed by atoms with E-state index in [9.17, 15) is 4.79 Å². The second-order valence-corrected chi connectivity index (χ2v) is 4.01. The highest BCUT2D eigenvalue weighted by molar-refractivity contribution is 5.88. The lowest BCUT2D eigenvalue weighted by molar-refractivity contribution is 0.0697. The fourth-order valence-corrected chi connectivity index (χ4v) is 1.93. The van der Waals surface area contributed by atoms with Crippen LogP contribution in [0.5, 0.6) is 0 Å². The molecule has 92 valence electrons. The molecule has 0 bridgehead atoms. The van der Waals surface area contributed by atoms with E-state index in [1.54, 1.807) is 24.3 Å². The molecule has 0 saturated heterocycles. The van der Waals surface area contributed by atoms with E-state index in [4.69, 9.17) is 10.2 Å². The highest BCUT2D eigenvalue weighted by Gasteiger charge is 2.06. The van der Waals surface area contributed by atoms with Crippen molar-refractivity contribution in [3.05, 3.63) is 59.7 Å². The Kier molecular flexibility index (Phi) is 3.75. The minimum absolute atomic E-state index is 0.101. The van der Waals surface area contributed by atoms with E-state index >= 15 is 0 Å². The van der Waals surface area contributed by atoms with Gasteiger partial charge in [0.1, 0.15) is 0 Å². The van der Waals surface area contributed by atoms with Gasteiger partial charge in [0.05, 0.1) is 5.56 Å². The Morgan fingerprint density at radius 2 is 1.67 bits per heavy atom. The summed E-state index contributed by atoms with van der Waals surface area (Å²) in [4.78, 5) is 10.8. The van der Waals surface area contributed by atoms with E-state index in [1.165, 1.54) is 0 Å². The molecule has 0 fully saturated rings. The van der Waals surface area contributed by atoms with Gasteiger partial charge in [0.15, 0.2) is 0 Å². The van der Waals surface area contributed by atoms with E-state index in [0.717, 1.165) is 16.7 Å². The molecule has 0 spiro atoms. The van der Waals surface area contributed by atoms with Crippen LogP contribution in [0.3, 0.4) is 0 Å². The molecule has 0 heterocycles. The summed E-state index contributed by atoms with van der Waals surface area (Å²) in [5, 5.41) is 17.9. The van der Waals surface area contributed by atoms with E-state index < -0.39 is 5.97 Å². The Morgan fingerprint density at radius 3 is 2.28 bits per heavy atom. The highest BCUT2D eigenvalue weighted by atomic mass is 16.4. The van der Waals surface area contributed by atoms with Crippen LogP contribution < -0.4 is 0 Å². The molecule has 0 aliphatic rings. The van der Waals surface area contributed by atoms with Crippen LogP contribution in [0, 0.1) is 0 Å². The van der Waals surface area contributed by atoms with Crippen molar-refractivity contribution in [2.24, 2.45) is 0 Å². The monoisotopic (exact) mass is 242 g/mol. The van der Waals surface area contributed by atoms with Crippen LogP contribution in [0.4, 0.5) is 0 Å². The van der Waals surface area contributed by atoms with E-state index in [0.29, 0.717) is 6.42 Å². The number of aliphatic hydroxyl groups is 1. The third kappa shape index (κ3) is 2.57. The third-order valence-corrected chi connectivity index (χ3v) is 2.84. The van der Waals surface area contributed by atoms with Gasteiger partial charge in [0.25, 0.3) is 0 Å².